The van der Waals surface area contributed by atoms with Crippen molar-refractivity contribution in [2.45, 2.75) is 12.3 Å². The number of likely N-dealkylation sites (N-methyl/N-ethyl adjacent to an activating group) is 1. The minimum Gasteiger partial charge on any atom is -0.311 e. The molecule has 0 radical (unpaired) electrons. The molecule has 0 spiro atoms. The second-order valence-corrected chi connectivity index (χ2v) is 7.86. The van der Waals surface area contributed by atoms with Gasteiger partial charge in [0.15, 0.2) is 0 Å². The van der Waals surface area contributed by atoms with Gasteiger partial charge in [0, 0.05) is 18.2 Å². The maximum absolute atomic E-state index is 13.1. The number of nitrogens with zero attached hydrogens (tertiary/aromatic N) is 2. The number of alkyl halides is 3. The molecule has 0 aliphatic carbocycles. The van der Waals surface area contributed by atoms with E-state index in [1.807, 2.05) is 42.5 Å². The van der Waals surface area contributed by atoms with Gasteiger partial charge in [0.1, 0.15) is 0 Å². The lowest BCUT2D eigenvalue weighted by molar-refractivity contribution is -0.137. The summed E-state index contributed by atoms with van der Waals surface area (Å²) in [5.74, 6) is -0.524. The topological polar surface area (TPSA) is 73.8 Å². The van der Waals surface area contributed by atoms with Gasteiger partial charge >= 0.3 is 12.2 Å². The van der Waals surface area contributed by atoms with Gasteiger partial charge in [-0.25, -0.2) is 9.79 Å². The van der Waals surface area contributed by atoms with Gasteiger partial charge in [-0.15, -0.1) is 0 Å². The van der Waals surface area contributed by atoms with Crippen LogP contribution in [0.3, 0.4) is 0 Å². The van der Waals surface area contributed by atoms with E-state index in [-0.39, 0.29) is 10.7 Å². The lowest BCUT2D eigenvalue weighted by Crippen LogP contribution is -2.47. The second kappa shape index (κ2) is 9.18. The summed E-state index contributed by atoms with van der Waals surface area (Å²) in [6.45, 7) is 0. The minimum atomic E-state index is -4.61. The van der Waals surface area contributed by atoms with E-state index in [1.54, 1.807) is 19.2 Å². The monoisotopic (exact) mass is 486 g/mol. The second-order valence-electron chi connectivity index (χ2n) is 7.45. The predicted octanol–water partition coefficient (Wildman–Crippen LogP) is 5.32. The predicted molar refractivity (Wildman–Crippen MR) is 124 cm³/mol. The van der Waals surface area contributed by atoms with Gasteiger partial charge in [-0.2, -0.15) is 13.2 Å². The molecule has 0 aromatic heterocycles. The summed E-state index contributed by atoms with van der Waals surface area (Å²) < 4.78 is 39.1. The van der Waals surface area contributed by atoms with Crippen LogP contribution in [-0.4, -0.2) is 30.9 Å². The van der Waals surface area contributed by atoms with E-state index in [0.29, 0.717) is 17.0 Å². The van der Waals surface area contributed by atoms with Gasteiger partial charge in [-0.3, -0.25) is 4.79 Å². The Morgan fingerprint density at radius 3 is 2.41 bits per heavy atom. The Hall–Kier alpha value is -3.85. The number of carbonyl (C=O) groups is 2. The molecule has 0 bridgehead atoms. The van der Waals surface area contributed by atoms with Crippen molar-refractivity contribution in [1.29, 1.82) is 0 Å². The van der Waals surface area contributed by atoms with Gasteiger partial charge < -0.3 is 15.5 Å². The van der Waals surface area contributed by atoms with Crippen molar-refractivity contribution >= 4 is 40.6 Å². The molecule has 2 N–H and O–H groups in total. The van der Waals surface area contributed by atoms with Crippen LogP contribution in [0.5, 0.6) is 0 Å². The third-order valence-electron chi connectivity index (χ3n) is 5.20. The third kappa shape index (κ3) is 4.74. The molecule has 1 heterocycles. The molecule has 34 heavy (non-hydrogen) atoms. The fourth-order valence-corrected chi connectivity index (χ4v) is 3.69. The fourth-order valence-electron chi connectivity index (χ4n) is 3.52. The molecule has 0 saturated carbocycles. The van der Waals surface area contributed by atoms with Gasteiger partial charge in [-0.1, -0.05) is 60.1 Å². The molecule has 6 nitrogen and oxygen atoms in total. The number of aliphatic imine (C=N–C) groups is 1. The van der Waals surface area contributed by atoms with Crippen molar-refractivity contribution in [2.24, 2.45) is 4.99 Å². The molecular weight excluding hydrogens is 469 g/mol. The van der Waals surface area contributed by atoms with E-state index >= 15 is 0 Å². The Balaban J connectivity index is 1.67. The number of rotatable bonds is 3. The summed E-state index contributed by atoms with van der Waals surface area (Å²) in [4.78, 5) is 31.7. The molecule has 174 valence electrons. The number of hydrogen-bond acceptors (Lipinski definition) is 3. The summed E-state index contributed by atoms with van der Waals surface area (Å²) in [6, 6.07) is 17.9. The van der Waals surface area contributed by atoms with Crippen LogP contribution in [0.1, 0.15) is 16.7 Å². The Labute approximate surface area is 198 Å². The minimum absolute atomic E-state index is 0.0895. The standard InChI is InChI=1S/C24H18ClF3N4O2/c1-32-19-10-6-5-9-16(19)20(14-7-3-2-4-8-14)30-21(22(32)33)31-23(34)29-18-13-15(24(26,27)28)11-12-17(18)25/h2-13,21H,1H3,(H2,29,31,34)/t21-/m0/s1. The molecule has 0 saturated heterocycles. The molecule has 3 aromatic rings. The largest absolute Gasteiger partial charge is 0.416 e. The van der Waals surface area contributed by atoms with Crippen LogP contribution in [0.2, 0.25) is 5.02 Å². The average Bonchev–Trinajstić information content (AvgIpc) is 2.91. The third-order valence-corrected chi connectivity index (χ3v) is 5.53. The Morgan fingerprint density at radius 2 is 1.71 bits per heavy atom. The lowest BCUT2D eigenvalue weighted by atomic mass is 10.0. The van der Waals surface area contributed by atoms with Crippen LogP contribution in [0, 0.1) is 0 Å². The molecule has 1 aliphatic rings. The number of halogens is 4. The van der Waals surface area contributed by atoms with Crippen molar-refractivity contribution in [3.63, 3.8) is 0 Å². The van der Waals surface area contributed by atoms with Crippen molar-refractivity contribution < 1.29 is 22.8 Å². The fraction of sp³-hybridized carbons (Fsp3) is 0.125. The molecule has 10 heteroatoms. The highest BCUT2D eigenvalue weighted by Gasteiger charge is 2.33. The molecule has 3 amide bonds. The summed E-state index contributed by atoms with van der Waals surface area (Å²) in [6.07, 6.45) is -5.95. The highest BCUT2D eigenvalue weighted by atomic mass is 35.5. The van der Waals surface area contributed by atoms with Gasteiger partial charge in [0.05, 0.1) is 27.7 Å². The Kier molecular flexibility index (Phi) is 6.30. The van der Waals surface area contributed by atoms with Gasteiger partial charge in [0.2, 0.25) is 6.17 Å². The number of benzene rings is 3. The van der Waals surface area contributed by atoms with Crippen molar-refractivity contribution in [3.05, 3.63) is 94.5 Å². The van der Waals surface area contributed by atoms with E-state index in [0.717, 1.165) is 23.8 Å². The smallest absolute Gasteiger partial charge is 0.311 e. The molecule has 0 unspecified atom stereocenters. The molecule has 3 aromatic carbocycles. The lowest BCUT2D eigenvalue weighted by Gasteiger charge is -2.21. The van der Waals surface area contributed by atoms with Crippen molar-refractivity contribution in [3.8, 4) is 0 Å². The number of para-hydroxylation sites is 1. The first kappa shape index (κ1) is 23.3. The SMILES string of the molecule is CN1C(=O)[C@H](NC(=O)Nc2cc(C(F)(F)F)ccc2Cl)N=C(c2ccccc2)c2ccccc21. The average molecular weight is 487 g/mol. The zero-order valence-corrected chi connectivity index (χ0v) is 18.5. The zero-order chi connectivity index (χ0) is 24.5. The number of carbonyl (C=O) groups excluding carboxylic acids is 2. The first-order valence-corrected chi connectivity index (χ1v) is 10.5. The van der Waals surface area contributed by atoms with E-state index in [4.69, 9.17) is 11.6 Å². The quantitative estimate of drug-likeness (QED) is 0.526. The highest BCUT2D eigenvalue weighted by Crippen LogP contribution is 2.34. The van der Waals surface area contributed by atoms with E-state index in [9.17, 15) is 22.8 Å². The molecule has 4 rings (SSSR count). The van der Waals surface area contributed by atoms with E-state index < -0.39 is 29.8 Å². The maximum Gasteiger partial charge on any atom is 0.416 e. The first-order valence-electron chi connectivity index (χ1n) is 10.1. The summed E-state index contributed by atoms with van der Waals surface area (Å²) in [5, 5.41) is 4.63. The van der Waals surface area contributed by atoms with Crippen LogP contribution < -0.4 is 15.5 Å². The number of nitrogens with one attached hydrogen (secondary N) is 2. The van der Waals surface area contributed by atoms with E-state index in [1.165, 1.54) is 4.90 Å². The summed E-state index contributed by atoms with van der Waals surface area (Å²) in [5.41, 5.74) is 1.27. The van der Waals surface area contributed by atoms with Crippen molar-refractivity contribution in [1.82, 2.24) is 5.32 Å². The highest BCUT2D eigenvalue weighted by molar-refractivity contribution is 6.33. The molecule has 1 aliphatic heterocycles. The Bertz CT molecular complexity index is 1280. The maximum atomic E-state index is 13.1. The van der Waals surface area contributed by atoms with E-state index in [2.05, 4.69) is 15.6 Å². The summed E-state index contributed by atoms with van der Waals surface area (Å²) >= 11 is 5.96. The normalized spacial score (nSPS) is 15.8. The molecule has 1 atom stereocenters. The van der Waals surface area contributed by atoms with Crippen LogP contribution in [0.25, 0.3) is 0 Å². The number of amides is 3. The van der Waals surface area contributed by atoms with Crippen LogP contribution in [0.15, 0.2) is 77.8 Å². The van der Waals surface area contributed by atoms with Gasteiger partial charge in [-0.05, 0) is 24.3 Å². The van der Waals surface area contributed by atoms with Crippen LogP contribution in [0.4, 0.5) is 29.3 Å². The number of fused-ring (bicyclic) bond motifs is 1. The van der Waals surface area contributed by atoms with Gasteiger partial charge in [0.25, 0.3) is 5.91 Å². The zero-order valence-electron chi connectivity index (χ0n) is 17.7. The molecular formula is C24H18ClF3N4O2. The Morgan fingerprint density at radius 1 is 1.03 bits per heavy atom. The number of benzodiazepines with no additional fused rings is 1. The summed E-state index contributed by atoms with van der Waals surface area (Å²) in [7, 11) is 1.56. The first-order chi connectivity index (χ1) is 16.1. The van der Waals surface area contributed by atoms with Crippen molar-refractivity contribution in [2.75, 3.05) is 17.3 Å². The number of anilines is 2. The molecule has 0 fully saturated rings. The van der Waals surface area contributed by atoms with Crippen LogP contribution >= 0.6 is 11.6 Å². The number of urea groups is 1. The number of hydrogen-bond donors (Lipinski definition) is 2. The van der Waals surface area contributed by atoms with Crippen LogP contribution in [-0.2, 0) is 11.0 Å².